The molecule has 4 aromatic rings. The molecule has 0 saturated heterocycles. The first-order chi connectivity index (χ1) is 17.2. The molecule has 1 amide bonds. The van der Waals surface area contributed by atoms with E-state index in [4.69, 9.17) is 27.9 Å². The Morgan fingerprint density at radius 3 is 2.36 bits per heavy atom. The van der Waals surface area contributed by atoms with Gasteiger partial charge in [-0.1, -0.05) is 41.4 Å². The van der Waals surface area contributed by atoms with Crippen molar-refractivity contribution in [2.75, 3.05) is 6.54 Å². The number of ether oxygens (including phenoxy) is 1. The van der Waals surface area contributed by atoms with E-state index in [0.29, 0.717) is 26.2 Å². The minimum absolute atomic E-state index is 0.0152. The standard InChI is InChI=1S/C24H17Cl2N3O5S2/c25-16-7-11-18(12-8-16)36(32,33)28-14-21(30)29-27-13-15-5-9-17(10-6-15)34-24(31)23-22(26)19-3-1-2-4-20(19)35-23/h1-13,28H,14H2,(H,29,30)/b27-13+. The van der Waals surface area contributed by atoms with Crippen LogP contribution >= 0.6 is 34.5 Å². The summed E-state index contributed by atoms with van der Waals surface area (Å²) in [6.07, 6.45) is 1.36. The van der Waals surface area contributed by atoms with E-state index in [-0.39, 0.29) is 4.90 Å². The van der Waals surface area contributed by atoms with Crippen LogP contribution in [0.4, 0.5) is 0 Å². The van der Waals surface area contributed by atoms with Crippen LogP contribution in [0.15, 0.2) is 82.8 Å². The second-order valence-electron chi connectivity index (χ2n) is 7.27. The predicted molar refractivity (Wildman–Crippen MR) is 141 cm³/mol. The van der Waals surface area contributed by atoms with E-state index in [1.807, 2.05) is 24.3 Å². The van der Waals surface area contributed by atoms with Crippen LogP contribution in [0, 0.1) is 0 Å². The summed E-state index contributed by atoms with van der Waals surface area (Å²) in [7, 11) is -3.87. The van der Waals surface area contributed by atoms with E-state index >= 15 is 0 Å². The SMILES string of the molecule is O=C(CNS(=O)(=O)c1ccc(Cl)cc1)N/N=C/c1ccc(OC(=O)c2sc3ccccc3c2Cl)cc1. The Balaban J connectivity index is 1.29. The van der Waals surface area contributed by atoms with Gasteiger partial charge in [0, 0.05) is 15.1 Å². The van der Waals surface area contributed by atoms with Crippen molar-refractivity contribution in [2.45, 2.75) is 4.90 Å². The van der Waals surface area contributed by atoms with Crippen molar-refractivity contribution in [3.05, 3.63) is 93.3 Å². The molecule has 0 aliphatic heterocycles. The number of halogens is 2. The molecular weight excluding hydrogens is 545 g/mol. The van der Waals surface area contributed by atoms with Crippen molar-refractivity contribution in [1.29, 1.82) is 0 Å². The highest BCUT2D eigenvalue weighted by atomic mass is 35.5. The van der Waals surface area contributed by atoms with Gasteiger partial charge in [0.1, 0.15) is 10.6 Å². The Morgan fingerprint density at radius 2 is 1.67 bits per heavy atom. The maximum absolute atomic E-state index is 12.5. The molecular formula is C24H17Cl2N3O5S2. The fourth-order valence-corrected chi connectivity index (χ4v) is 5.49. The molecule has 0 aliphatic carbocycles. The first-order valence-corrected chi connectivity index (χ1v) is 13.3. The zero-order valence-corrected chi connectivity index (χ0v) is 21.4. The summed E-state index contributed by atoms with van der Waals surface area (Å²) in [5.74, 6) is -0.906. The minimum atomic E-state index is -3.87. The summed E-state index contributed by atoms with van der Waals surface area (Å²) >= 11 is 13.3. The number of hydrogen-bond donors (Lipinski definition) is 2. The number of carbonyl (C=O) groups is 2. The van der Waals surface area contributed by atoms with Gasteiger partial charge in [0.25, 0.3) is 5.91 Å². The fourth-order valence-electron chi connectivity index (χ4n) is 3.00. The molecule has 36 heavy (non-hydrogen) atoms. The number of nitrogens with zero attached hydrogens (tertiary/aromatic N) is 1. The second-order valence-corrected chi connectivity index (χ2v) is 10.9. The Labute approximate surface area is 220 Å². The van der Waals surface area contributed by atoms with Crippen molar-refractivity contribution < 1.29 is 22.7 Å². The lowest BCUT2D eigenvalue weighted by molar-refractivity contribution is -0.119. The Hall–Kier alpha value is -3.28. The molecule has 0 unspecified atom stereocenters. The smallest absolute Gasteiger partial charge is 0.355 e. The van der Waals surface area contributed by atoms with Crippen LogP contribution < -0.4 is 14.9 Å². The average Bonchev–Trinajstić information content (AvgIpc) is 3.21. The number of rotatable bonds is 8. The van der Waals surface area contributed by atoms with Crippen LogP contribution in [0.1, 0.15) is 15.2 Å². The highest BCUT2D eigenvalue weighted by molar-refractivity contribution is 7.89. The molecule has 4 rings (SSSR count). The normalized spacial score (nSPS) is 11.6. The van der Waals surface area contributed by atoms with Gasteiger partial charge in [0.15, 0.2) is 0 Å². The van der Waals surface area contributed by atoms with Gasteiger partial charge >= 0.3 is 5.97 Å². The van der Waals surface area contributed by atoms with Crippen LogP contribution in [0.3, 0.4) is 0 Å². The molecule has 12 heteroatoms. The lowest BCUT2D eigenvalue weighted by Crippen LogP contribution is -2.34. The van der Waals surface area contributed by atoms with E-state index in [1.54, 1.807) is 24.3 Å². The molecule has 2 N–H and O–H groups in total. The summed E-state index contributed by atoms with van der Waals surface area (Å²) in [4.78, 5) is 24.8. The van der Waals surface area contributed by atoms with Crippen molar-refractivity contribution >= 4 is 72.7 Å². The molecule has 184 valence electrons. The first-order valence-electron chi connectivity index (χ1n) is 10.3. The zero-order valence-electron chi connectivity index (χ0n) is 18.3. The number of esters is 1. The third-order valence-corrected chi connectivity index (χ3v) is 8.09. The van der Waals surface area contributed by atoms with Crippen LogP contribution in [0.5, 0.6) is 5.75 Å². The Morgan fingerprint density at radius 1 is 0.972 bits per heavy atom. The van der Waals surface area contributed by atoms with E-state index in [9.17, 15) is 18.0 Å². The summed E-state index contributed by atoms with van der Waals surface area (Å²) in [6.45, 7) is -0.503. The number of fused-ring (bicyclic) bond motifs is 1. The van der Waals surface area contributed by atoms with Crippen LogP contribution in [0.25, 0.3) is 10.1 Å². The maximum atomic E-state index is 12.5. The van der Waals surface area contributed by atoms with Gasteiger partial charge in [0.05, 0.1) is 22.7 Å². The second kappa shape index (κ2) is 11.2. The van der Waals surface area contributed by atoms with Gasteiger partial charge in [-0.15, -0.1) is 11.3 Å². The molecule has 0 atom stereocenters. The van der Waals surface area contributed by atoms with Crippen LogP contribution in [0.2, 0.25) is 10.0 Å². The molecule has 0 aliphatic rings. The van der Waals surface area contributed by atoms with Gasteiger partial charge in [-0.2, -0.15) is 5.10 Å². The molecule has 0 spiro atoms. The Kier molecular flexibility index (Phi) is 8.02. The largest absolute Gasteiger partial charge is 0.422 e. The van der Waals surface area contributed by atoms with Gasteiger partial charge in [0.2, 0.25) is 10.0 Å². The number of nitrogens with one attached hydrogen (secondary N) is 2. The number of hydrogen-bond acceptors (Lipinski definition) is 7. The monoisotopic (exact) mass is 561 g/mol. The number of benzene rings is 3. The molecule has 0 bridgehead atoms. The number of amides is 1. The quantitative estimate of drug-likeness (QED) is 0.138. The number of thiophene rings is 1. The Bertz CT molecular complexity index is 1550. The third kappa shape index (κ3) is 6.28. The number of carbonyl (C=O) groups excluding carboxylic acids is 2. The minimum Gasteiger partial charge on any atom is -0.422 e. The van der Waals surface area contributed by atoms with Gasteiger partial charge in [-0.3, -0.25) is 4.79 Å². The maximum Gasteiger partial charge on any atom is 0.355 e. The topological polar surface area (TPSA) is 114 Å². The molecule has 1 heterocycles. The van der Waals surface area contributed by atoms with Crippen molar-refractivity contribution in [2.24, 2.45) is 5.10 Å². The van der Waals surface area contributed by atoms with Crippen molar-refractivity contribution in [1.82, 2.24) is 10.1 Å². The van der Waals surface area contributed by atoms with E-state index in [2.05, 4.69) is 15.2 Å². The van der Waals surface area contributed by atoms with E-state index < -0.39 is 28.4 Å². The van der Waals surface area contributed by atoms with Crippen molar-refractivity contribution in [3.63, 3.8) is 0 Å². The molecule has 0 radical (unpaired) electrons. The molecule has 0 saturated carbocycles. The summed E-state index contributed by atoms with van der Waals surface area (Å²) in [5.41, 5.74) is 2.84. The fraction of sp³-hybridized carbons (Fsp3) is 0.0417. The first kappa shape index (κ1) is 25.8. The molecule has 3 aromatic carbocycles. The molecule has 8 nitrogen and oxygen atoms in total. The predicted octanol–water partition coefficient (Wildman–Crippen LogP) is 4.86. The summed E-state index contributed by atoms with van der Waals surface area (Å²) in [5, 5.41) is 5.35. The summed E-state index contributed by atoms with van der Waals surface area (Å²) < 4.78 is 32.9. The van der Waals surface area contributed by atoms with Crippen LogP contribution in [-0.4, -0.2) is 33.1 Å². The highest BCUT2D eigenvalue weighted by Gasteiger charge is 2.19. The number of hydrazone groups is 1. The lowest BCUT2D eigenvalue weighted by Gasteiger charge is -2.06. The average molecular weight is 562 g/mol. The van der Waals surface area contributed by atoms with Crippen LogP contribution in [-0.2, 0) is 14.8 Å². The zero-order chi connectivity index (χ0) is 25.7. The molecule has 0 fully saturated rings. The summed E-state index contributed by atoms with van der Waals surface area (Å²) in [6, 6.07) is 19.4. The van der Waals surface area contributed by atoms with Gasteiger partial charge < -0.3 is 4.74 Å². The van der Waals surface area contributed by atoms with Gasteiger partial charge in [-0.05, 0) is 60.2 Å². The van der Waals surface area contributed by atoms with E-state index in [1.165, 1.54) is 41.8 Å². The highest BCUT2D eigenvalue weighted by Crippen LogP contribution is 2.35. The van der Waals surface area contributed by atoms with E-state index in [0.717, 1.165) is 10.1 Å². The van der Waals surface area contributed by atoms with Crippen molar-refractivity contribution in [3.8, 4) is 5.75 Å². The van der Waals surface area contributed by atoms with Gasteiger partial charge in [-0.25, -0.2) is 23.4 Å². The molecule has 1 aromatic heterocycles. The third-order valence-electron chi connectivity index (χ3n) is 4.76. The number of sulfonamides is 1. The lowest BCUT2D eigenvalue weighted by atomic mass is 10.2.